The van der Waals surface area contributed by atoms with E-state index >= 15 is 0 Å². The van der Waals surface area contributed by atoms with Crippen molar-refractivity contribution in [2.24, 2.45) is 5.92 Å². The van der Waals surface area contributed by atoms with Crippen molar-refractivity contribution in [3.63, 3.8) is 0 Å². The van der Waals surface area contributed by atoms with Crippen LogP contribution in [0.1, 0.15) is 54.1 Å². The van der Waals surface area contributed by atoms with Gasteiger partial charge in [0.15, 0.2) is 0 Å². The number of hydrogen-bond acceptors (Lipinski definition) is 4. The number of rotatable bonds is 7. The SMILES string of the molecule is Cc1cnc(CNC[C@H]2C[C@H](c3ccc(CN4CCCC4)cc3)C2)cn1. The zero-order valence-electron chi connectivity index (χ0n) is 15.8. The summed E-state index contributed by atoms with van der Waals surface area (Å²) in [5.41, 5.74) is 4.99. The summed E-state index contributed by atoms with van der Waals surface area (Å²) in [6, 6.07) is 9.41. The Bertz CT molecular complexity index is 683. The molecule has 0 radical (unpaired) electrons. The van der Waals surface area contributed by atoms with Gasteiger partial charge in [-0.2, -0.15) is 0 Å². The van der Waals surface area contributed by atoms with Crippen LogP contribution >= 0.6 is 0 Å². The van der Waals surface area contributed by atoms with Crippen molar-refractivity contribution in [1.29, 1.82) is 0 Å². The summed E-state index contributed by atoms with van der Waals surface area (Å²) < 4.78 is 0. The highest BCUT2D eigenvalue weighted by Gasteiger charge is 2.29. The molecular weight excluding hydrogens is 320 g/mol. The van der Waals surface area contributed by atoms with Crippen molar-refractivity contribution in [3.8, 4) is 0 Å². The maximum absolute atomic E-state index is 4.40. The third kappa shape index (κ3) is 4.49. The number of likely N-dealkylation sites (tertiary alicyclic amines) is 1. The van der Waals surface area contributed by atoms with E-state index in [-0.39, 0.29) is 0 Å². The zero-order chi connectivity index (χ0) is 17.8. The Morgan fingerprint density at radius 1 is 1.04 bits per heavy atom. The summed E-state index contributed by atoms with van der Waals surface area (Å²) >= 11 is 0. The van der Waals surface area contributed by atoms with Crippen LogP contribution in [-0.2, 0) is 13.1 Å². The lowest BCUT2D eigenvalue weighted by atomic mass is 9.71. The lowest BCUT2D eigenvalue weighted by molar-refractivity contribution is 0.253. The minimum absolute atomic E-state index is 0.752. The van der Waals surface area contributed by atoms with Gasteiger partial charge >= 0.3 is 0 Å². The summed E-state index contributed by atoms with van der Waals surface area (Å²) in [5.74, 6) is 1.55. The first kappa shape index (κ1) is 17.6. The molecule has 1 aliphatic heterocycles. The summed E-state index contributed by atoms with van der Waals surface area (Å²) in [4.78, 5) is 11.3. The van der Waals surface area contributed by atoms with E-state index in [9.17, 15) is 0 Å². The first-order valence-electron chi connectivity index (χ1n) is 10.1. The van der Waals surface area contributed by atoms with Crippen LogP contribution < -0.4 is 5.32 Å². The second-order valence-corrected chi connectivity index (χ2v) is 8.04. The fourth-order valence-corrected chi connectivity index (χ4v) is 4.18. The molecule has 0 amide bonds. The molecule has 1 saturated heterocycles. The van der Waals surface area contributed by atoms with Crippen LogP contribution in [0.5, 0.6) is 0 Å². The van der Waals surface area contributed by atoms with Crippen LogP contribution in [-0.4, -0.2) is 34.5 Å². The van der Waals surface area contributed by atoms with Crippen LogP contribution in [0.4, 0.5) is 0 Å². The van der Waals surface area contributed by atoms with Crippen LogP contribution in [0, 0.1) is 12.8 Å². The number of aryl methyl sites for hydroxylation is 1. The molecule has 4 heteroatoms. The van der Waals surface area contributed by atoms with E-state index in [1.54, 1.807) is 0 Å². The van der Waals surface area contributed by atoms with E-state index in [2.05, 4.69) is 44.5 Å². The molecular formula is C22H30N4. The highest BCUT2D eigenvalue weighted by atomic mass is 15.1. The molecule has 2 aromatic rings. The van der Waals surface area contributed by atoms with E-state index in [0.29, 0.717) is 0 Å². The first-order chi connectivity index (χ1) is 12.8. The van der Waals surface area contributed by atoms with Crippen molar-refractivity contribution < 1.29 is 0 Å². The van der Waals surface area contributed by atoms with Crippen LogP contribution in [0.2, 0.25) is 0 Å². The highest BCUT2D eigenvalue weighted by Crippen LogP contribution is 2.41. The fraction of sp³-hybridized carbons (Fsp3) is 0.545. The molecule has 0 bridgehead atoms. The van der Waals surface area contributed by atoms with Gasteiger partial charge in [0.1, 0.15) is 0 Å². The Labute approximate surface area is 157 Å². The smallest absolute Gasteiger partial charge is 0.0724 e. The molecule has 0 atom stereocenters. The molecule has 2 aliphatic rings. The van der Waals surface area contributed by atoms with Gasteiger partial charge in [0.05, 0.1) is 11.4 Å². The maximum Gasteiger partial charge on any atom is 0.0724 e. The maximum atomic E-state index is 4.40. The Balaban J connectivity index is 1.17. The van der Waals surface area contributed by atoms with Gasteiger partial charge in [-0.15, -0.1) is 0 Å². The highest BCUT2D eigenvalue weighted by molar-refractivity contribution is 5.27. The molecule has 26 heavy (non-hydrogen) atoms. The van der Waals surface area contributed by atoms with E-state index in [4.69, 9.17) is 0 Å². The molecule has 0 spiro atoms. The van der Waals surface area contributed by atoms with Crippen LogP contribution in [0.15, 0.2) is 36.7 Å². The van der Waals surface area contributed by atoms with Gasteiger partial charge in [0.2, 0.25) is 0 Å². The summed E-state index contributed by atoms with van der Waals surface area (Å²) in [7, 11) is 0. The standard InChI is InChI=1S/C22H30N4/c1-17-12-25-22(15-24-17)14-23-13-19-10-21(11-19)20-6-4-18(5-7-20)16-26-8-2-3-9-26/h4-7,12,15,19,21,23H,2-3,8-11,13-14,16H2,1H3/t19-,21-. The Kier molecular flexibility index (Phi) is 5.61. The van der Waals surface area contributed by atoms with Crippen LogP contribution in [0.25, 0.3) is 0 Å². The third-order valence-corrected chi connectivity index (χ3v) is 5.87. The van der Waals surface area contributed by atoms with Gasteiger partial charge < -0.3 is 5.32 Å². The van der Waals surface area contributed by atoms with Gasteiger partial charge in [0.25, 0.3) is 0 Å². The van der Waals surface area contributed by atoms with Crippen LogP contribution in [0.3, 0.4) is 0 Å². The molecule has 1 aromatic heterocycles. The van der Waals surface area contributed by atoms with E-state index in [1.807, 2.05) is 19.3 Å². The minimum atomic E-state index is 0.752. The molecule has 1 N–H and O–H groups in total. The molecule has 1 aromatic carbocycles. The van der Waals surface area contributed by atoms with Crippen molar-refractivity contribution in [3.05, 3.63) is 59.2 Å². The largest absolute Gasteiger partial charge is 0.311 e. The monoisotopic (exact) mass is 350 g/mol. The first-order valence-corrected chi connectivity index (χ1v) is 10.1. The number of nitrogens with zero attached hydrogens (tertiary/aromatic N) is 3. The summed E-state index contributed by atoms with van der Waals surface area (Å²) in [6.45, 7) is 7.54. The predicted molar refractivity (Wildman–Crippen MR) is 105 cm³/mol. The van der Waals surface area contributed by atoms with Gasteiger partial charge in [-0.1, -0.05) is 24.3 Å². The molecule has 138 valence electrons. The second-order valence-electron chi connectivity index (χ2n) is 8.04. The molecule has 1 saturated carbocycles. The van der Waals surface area contributed by atoms with Crippen molar-refractivity contribution in [2.75, 3.05) is 19.6 Å². The van der Waals surface area contributed by atoms with Gasteiger partial charge in [-0.25, -0.2) is 0 Å². The third-order valence-electron chi connectivity index (χ3n) is 5.87. The lowest BCUT2D eigenvalue weighted by Crippen LogP contribution is -2.32. The number of aromatic nitrogens is 2. The quantitative estimate of drug-likeness (QED) is 0.827. The lowest BCUT2D eigenvalue weighted by Gasteiger charge is -2.36. The molecule has 2 fully saturated rings. The molecule has 2 heterocycles. The normalized spacial score (nSPS) is 23.1. The molecule has 0 unspecified atom stereocenters. The fourth-order valence-electron chi connectivity index (χ4n) is 4.18. The van der Waals surface area contributed by atoms with Crippen molar-refractivity contribution in [1.82, 2.24) is 20.2 Å². The topological polar surface area (TPSA) is 41.1 Å². The Hall–Kier alpha value is -1.78. The van der Waals surface area contributed by atoms with Gasteiger partial charge in [-0.3, -0.25) is 14.9 Å². The molecule has 1 aliphatic carbocycles. The molecule has 4 rings (SSSR count). The van der Waals surface area contributed by atoms with Crippen molar-refractivity contribution >= 4 is 0 Å². The zero-order valence-corrected chi connectivity index (χ0v) is 15.8. The number of benzene rings is 1. The number of nitrogens with one attached hydrogen (secondary N) is 1. The van der Waals surface area contributed by atoms with E-state index in [0.717, 1.165) is 42.9 Å². The Morgan fingerprint density at radius 2 is 1.81 bits per heavy atom. The number of hydrogen-bond donors (Lipinski definition) is 1. The summed E-state index contributed by atoms with van der Waals surface area (Å²) in [6.07, 6.45) is 9.05. The summed E-state index contributed by atoms with van der Waals surface area (Å²) in [5, 5.41) is 3.54. The second kappa shape index (κ2) is 8.28. The van der Waals surface area contributed by atoms with E-state index < -0.39 is 0 Å². The van der Waals surface area contributed by atoms with Gasteiger partial charge in [-0.05, 0) is 75.2 Å². The molecule has 4 nitrogen and oxygen atoms in total. The van der Waals surface area contributed by atoms with Gasteiger partial charge in [0, 0.05) is 25.5 Å². The van der Waals surface area contributed by atoms with Crippen molar-refractivity contribution in [2.45, 2.75) is 51.6 Å². The van der Waals surface area contributed by atoms with E-state index in [1.165, 1.54) is 49.9 Å². The minimum Gasteiger partial charge on any atom is -0.311 e. The average molecular weight is 351 g/mol. The average Bonchev–Trinajstić information content (AvgIpc) is 3.13. The Morgan fingerprint density at radius 3 is 2.50 bits per heavy atom. The predicted octanol–water partition coefficient (Wildman–Crippen LogP) is 3.66.